The molecule has 10 aromatic carbocycles. The highest BCUT2D eigenvalue weighted by atomic mass is 15.1. The topological polar surface area (TPSA) is 100 Å². The van der Waals surface area contributed by atoms with Crippen LogP contribution < -0.4 is 0 Å². The Labute approximate surface area is 460 Å². The molecule has 5 heterocycles. The van der Waals surface area contributed by atoms with Crippen molar-refractivity contribution in [1.29, 1.82) is 0 Å². The van der Waals surface area contributed by atoms with Gasteiger partial charge in [0.25, 0.3) is 0 Å². The first-order chi connectivity index (χ1) is 39.7. The van der Waals surface area contributed by atoms with Gasteiger partial charge in [-0.15, -0.1) is 0 Å². The maximum atomic E-state index is 5.62. The van der Waals surface area contributed by atoms with E-state index >= 15 is 0 Å². The standard InChI is InChI=1S/C71H45N9/c1-6-23-46(24-7-1)57-36-22-37-58(72-57)51-41-42-55-54-35-18-21-40-61(54)80(63(55)45-51)65-56(70-75-66(47-25-8-2-9-26-47)73-67(76-70)48-27-10-3-11-28-48)43-44-62(79-59-38-19-16-33-52(59)53-34-17-20-39-60(53)79)64(65)71-77-68(49-29-12-4-13-30-49)74-69(78-71)50-31-14-5-15-32-50/h1-45H. The van der Waals surface area contributed by atoms with Gasteiger partial charge in [-0.05, 0) is 48.5 Å². The van der Waals surface area contributed by atoms with Gasteiger partial charge in [0.15, 0.2) is 34.9 Å². The minimum absolute atomic E-state index is 0.464. The average Bonchev–Trinajstić information content (AvgIpc) is 4.28. The fourth-order valence-corrected chi connectivity index (χ4v) is 11.2. The van der Waals surface area contributed by atoms with Gasteiger partial charge in [0.1, 0.15) is 0 Å². The second-order valence-electron chi connectivity index (χ2n) is 19.7. The van der Waals surface area contributed by atoms with E-state index in [2.05, 4.69) is 167 Å². The molecular formula is C71H45N9. The van der Waals surface area contributed by atoms with Crippen LogP contribution in [0.25, 0.3) is 146 Å². The zero-order valence-electron chi connectivity index (χ0n) is 43.0. The summed E-state index contributed by atoms with van der Waals surface area (Å²) >= 11 is 0. The number of para-hydroxylation sites is 3. The fourth-order valence-electron chi connectivity index (χ4n) is 11.2. The Bertz CT molecular complexity index is 4640. The Hall–Kier alpha value is -11.0. The van der Waals surface area contributed by atoms with Crippen molar-refractivity contribution in [1.82, 2.24) is 44.0 Å². The molecule has 9 heteroatoms. The lowest BCUT2D eigenvalue weighted by Gasteiger charge is -2.23. The third-order valence-corrected chi connectivity index (χ3v) is 14.9. The minimum Gasteiger partial charge on any atom is -0.308 e. The van der Waals surface area contributed by atoms with Crippen LogP contribution in [0.5, 0.6) is 0 Å². The van der Waals surface area contributed by atoms with Crippen LogP contribution in [-0.2, 0) is 0 Å². The van der Waals surface area contributed by atoms with Crippen molar-refractivity contribution in [2.24, 2.45) is 0 Å². The molecule has 0 radical (unpaired) electrons. The quantitative estimate of drug-likeness (QED) is 0.134. The van der Waals surface area contributed by atoms with E-state index in [1.807, 2.05) is 115 Å². The number of hydrogen-bond donors (Lipinski definition) is 0. The number of rotatable bonds is 10. The molecule has 5 aromatic heterocycles. The molecule has 15 aromatic rings. The summed E-state index contributed by atoms with van der Waals surface area (Å²) in [7, 11) is 0. The predicted octanol–water partition coefficient (Wildman–Crippen LogP) is 17.0. The first kappa shape index (κ1) is 46.3. The van der Waals surface area contributed by atoms with E-state index in [1.54, 1.807) is 0 Å². The minimum atomic E-state index is 0.464. The van der Waals surface area contributed by atoms with Gasteiger partial charge in [-0.3, -0.25) is 0 Å². The molecule has 0 fully saturated rings. The maximum Gasteiger partial charge on any atom is 0.168 e. The summed E-state index contributed by atoms with van der Waals surface area (Å²) < 4.78 is 4.73. The van der Waals surface area contributed by atoms with E-state index in [0.29, 0.717) is 34.9 Å². The smallest absolute Gasteiger partial charge is 0.168 e. The number of benzene rings is 10. The first-order valence-corrected chi connectivity index (χ1v) is 26.7. The van der Waals surface area contributed by atoms with Gasteiger partial charge in [0.05, 0.1) is 50.4 Å². The van der Waals surface area contributed by atoms with Crippen molar-refractivity contribution in [3.05, 3.63) is 273 Å². The summed E-state index contributed by atoms with van der Waals surface area (Å²) in [6, 6.07) is 94.0. The highest BCUT2D eigenvalue weighted by Gasteiger charge is 2.29. The van der Waals surface area contributed by atoms with E-state index in [4.69, 9.17) is 34.9 Å². The first-order valence-electron chi connectivity index (χ1n) is 26.7. The molecule has 0 aliphatic carbocycles. The zero-order chi connectivity index (χ0) is 52.9. The summed E-state index contributed by atoms with van der Waals surface area (Å²) in [5.41, 5.74) is 14.2. The predicted molar refractivity (Wildman–Crippen MR) is 323 cm³/mol. The van der Waals surface area contributed by atoms with Crippen LogP contribution in [0.1, 0.15) is 0 Å². The summed E-state index contributed by atoms with van der Waals surface area (Å²) in [6.07, 6.45) is 0. The summed E-state index contributed by atoms with van der Waals surface area (Å²) in [5.74, 6) is 3.09. The van der Waals surface area contributed by atoms with Gasteiger partial charge in [-0.2, -0.15) is 0 Å². The van der Waals surface area contributed by atoms with E-state index in [-0.39, 0.29) is 0 Å². The summed E-state index contributed by atoms with van der Waals surface area (Å²) in [5, 5.41) is 4.36. The maximum absolute atomic E-state index is 5.62. The Morgan fingerprint density at radius 1 is 0.225 bits per heavy atom. The van der Waals surface area contributed by atoms with Gasteiger partial charge in [0.2, 0.25) is 0 Å². The van der Waals surface area contributed by atoms with Crippen LogP contribution in [0.2, 0.25) is 0 Å². The molecule has 0 aliphatic rings. The normalized spacial score (nSPS) is 11.5. The second-order valence-corrected chi connectivity index (χ2v) is 19.7. The second kappa shape index (κ2) is 19.5. The molecule has 0 spiro atoms. The lowest BCUT2D eigenvalue weighted by Crippen LogP contribution is -2.10. The number of pyridine rings is 1. The van der Waals surface area contributed by atoms with Gasteiger partial charge >= 0.3 is 0 Å². The van der Waals surface area contributed by atoms with Crippen LogP contribution in [0.3, 0.4) is 0 Å². The molecule has 0 aliphatic heterocycles. The van der Waals surface area contributed by atoms with Crippen LogP contribution in [0.15, 0.2) is 273 Å². The van der Waals surface area contributed by atoms with Crippen molar-refractivity contribution >= 4 is 43.6 Å². The largest absolute Gasteiger partial charge is 0.308 e. The van der Waals surface area contributed by atoms with Gasteiger partial charge in [-0.25, -0.2) is 34.9 Å². The molecule has 0 amide bonds. The highest BCUT2D eigenvalue weighted by molar-refractivity contribution is 6.13. The Morgan fingerprint density at radius 2 is 0.600 bits per heavy atom. The Kier molecular flexibility index (Phi) is 11.3. The summed E-state index contributed by atoms with van der Waals surface area (Å²) in [6.45, 7) is 0. The molecule has 15 rings (SSSR count). The number of nitrogens with zero attached hydrogens (tertiary/aromatic N) is 9. The Morgan fingerprint density at radius 3 is 1.07 bits per heavy atom. The molecule has 80 heavy (non-hydrogen) atoms. The molecule has 0 saturated carbocycles. The van der Waals surface area contributed by atoms with Crippen LogP contribution >= 0.6 is 0 Å². The van der Waals surface area contributed by atoms with Crippen LogP contribution in [0.4, 0.5) is 0 Å². The lowest BCUT2D eigenvalue weighted by molar-refractivity contribution is 1.04. The molecule has 0 unspecified atom stereocenters. The third kappa shape index (κ3) is 8.08. The van der Waals surface area contributed by atoms with Gasteiger partial charge in [-0.1, -0.05) is 224 Å². The monoisotopic (exact) mass is 1020 g/mol. The molecule has 0 atom stereocenters. The lowest BCUT2D eigenvalue weighted by atomic mass is 10.0. The number of aromatic nitrogens is 9. The molecule has 0 saturated heterocycles. The highest BCUT2D eigenvalue weighted by Crippen LogP contribution is 2.46. The zero-order valence-corrected chi connectivity index (χ0v) is 43.0. The van der Waals surface area contributed by atoms with Crippen molar-refractivity contribution in [2.45, 2.75) is 0 Å². The molecular weight excluding hydrogens is 979 g/mol. The van der Waals surface area contributed by atoms with Crippen molar-refractivity contribution < 1.29 is 0 Å². The number of hydrogen-bond acceptors (Lipinski definition) is 7. The van der Waals surface area contributed by atoms with Gasteiger partial charge in [0, 0.05) is 60.5 Å². The van der Waals surface area contributed by atoms with E-state index in [0.717, 1.165) is 111 Å². The van der Waals surface area contributed by atoms with Crippen LogP contribution in [-0.4, -0.2) is 44.0 Å². The number of fused-ring (bicyclic) bond motifs is 6. The average molecular weight is 1020 g/mol. The fraction of sp³-hybridized carbons (Fsp3) is 0. The van der Waals surface area contributed by atoms with Crippen molar-refractivity contribution in [3.63, 3.8) is 0 Å². The molecule has 9 nitrogen and oxygen atoms in total. The van der Waals surface area contributed by atoms with E-state index < -0.39 is 0 Å². The molecule has 0 bridgehead atoms. The Balaban J connectivity index is 1.14. The van der Waals surface area contributed by atoms with E-state index in [1.165, 1.54) is 0 Å². The van der Waals surface area contributed by atoms with Crippen molar-refractivity contribution in [2.75, 3.05) is 0 Å². The SMILES string of the molecule is c1ccc(-c2cccc(-c3ccc4c5ccccc5n(-c5c(-c6nc(-c7ccccc7)nc(-c7ccccc7)n6)ccc(-n6c7ccccc7c7ccccc76)c5-c5nc(-c6ccccc6)nc(-c6ccccc6)n5)c4c3)n2)cc1. The molecule has 374 valence electrons. The molecule has 0 N–H and O–H groups in total. The van der Waals surface area contributed by atoms with Crippen LogP contribution in [0, 0.1) is 0 Å². The van der Waals surface area contributed by atoms with Crippen molar-refractivity contribution in [3.8, 4) is 102 Å². The third-order valence-electron chi connectivity index (χ3n) is 14.9. The van der Waals surface area contributed by atoms with E-state index in [9.17, 15) is 0 Å². The summed E-state index contributed by atoms with van der Waals surface area (Å²) in [4.78, 5) is 37.9. The van der Waals surface area contributed by atoms with Gasteiger partial charge < -0.3 is 9.13 Å².